The average molecular weight is 541 g/mol. The third-order valence-electron chi connectivity index (χ3n) is 7.44. The fourth-order valence-corrected chi connectivity index (χ4v) is 5.51. The molecule has 0 atom stereocenters. The molecule has 5 heteroatoms. The van der Waals surface area contributed by atoms with E-state index in [4.69, 9.17) is 4.98 Å². The van der Waals surface area contributed by atoms with Gasteiger partial charge in [-0.2, -0.15) is 5.26 Å². The van der Waals surface area contributed by atoms with E-state index in [2.05, 4.69) is 58.1 Å². The number of benzene rings is 5. The van der Waals surface area contributed by atoms with Crippen molar-refractivity contribution in [3.63, 3.8) is 0 Å². The normalized spacial score (nSPS) is 10.9. The molecule has 2 heterocycles. The van der Waals surface area contributed by atoms with Crippen LogP contribution in [-0.4, -0.2) is 19.6 Å². The van der Waals surface area contributed by atoms with Gasteiger partial charge in [-0.1, -0.05) is 91.0 Å². The van der Waals surface area contributed by atoms with Crippen LogP contribution in [0.15, 0.2) is 140 Å². The first-order chi connectivity index (χ1) is 20.7. The molecule has 5 aromatic carbocycles. The highest BCUT2D eigenvalue weighted by Gasteiger charge is 2.21. The van der Waals surface area contributed by atoms with Gasteiger partial charge in [0.1, 0.15) is 17.6 Å². The number of hydrogen-bond donors (Lipinski definition) is 1. The van der Waals surface area contributed by atoms with Crippen LogP contribution in [0.1, 0.15) is 5.56 Å². The predicted octanol–water partition coefficient (Wildman–Crippen LogP) is 8.67. The van der Waals surface area contributed by atoms with Gasteiger partial charge in [-0.3, -0.25) is 9.55 Å². The topological polar surface area (TPSA) is 74.7 Å². The van der Waals surface area contributed by atoms with Crippen LogP contribution in [0.2, 0.25) is 0 Å². The minimum Gasteiger partial charge on any atom is -0.507 e. The molecule has 0 saturated carbocycles. The summed E-state index contributed by atoms with van der Waals surface area (Å²) in [4.78, 5) is 9.70. The third-order valence-corrected chi connectivity index (χ3v) is 7.44. The van der Waals surface area contributed by atoms with Crippen molar-refractivity contribution in [1.29, 1.82) is 5.26 Å². The van der Waals surface area contributed by atoms with Crippen LogP contribution >= 0.6 is 0 Å². The van der Waals surface area contributed by atoms with Crippen LogP contribution in [0.25, 0.3) is 61.6 Å². The number of para-hydroxylation sites is 3. The summed E-state index contributed by atoms with van der Waals surface area (Å²) in [5.74, 6) is 0.806. The summed E-state index contributed by atoms with van der Waals surface area (Å²) in [6.45, 7) is 0. The highest BCUT2D eigenvalue weighted by Crippen LogP contribution is 2.40. The first-order valence-electron chi connectivity index (χ1n) is 13.6. The van der Waals surface area contributed by atoms with Gasteiger partial charge in [0.25, 0.3) is 0 Å². The van der Waals surface area contributed by atoms with Crippen LogP contribution in [0.3, 0.4) is 0 Å². The number of hydrogen-bond acceptors (Lipinski definition) is 4. The molecule has 1 N–H and O–H groups in total. The average Bonchev–Trinajstić information content (AvgIpc) is 3.45. The molecule has 2 aromatic heterocycles. The number of phenols is 1. The monoisotopic (exact) mass is 540 g/mol. The number of pyridine rings is 1. The Bertz CT molecular complexity index is 2120. The minimum absolute atomic E-state index is 0.161. The van der Waals surface area contributed by atoms with Gasteiger partial charge in [0.05, 0.1) is 33.5 Å². The SMILES string of the molecule is N#Cc1cccnc1-c1cccc(-c2cccc3c2nc(-c2ccccc2O)n3-c2ccccc2-c2ccccc2)c1. The number of rotatable bonds is 5. The van der Waals surface area contributed by atoms with Gasteiger partial charge in [-0.15, -0.1) is 0 Å². The Kier molecular flexibility index (Phi) is 6.27. The lowest BCUT2D eigenvalue weighted by Gasteiger charge is -2.15. The number of phenolic OH excluding ortho intramolecular Hbond substituents is 1. The van der Waals surface area contributed by atoms with Crippen molar-refractivity contribution in [2.75, 3.05) is 0 Å². The summed E-state index contributed by atoms with van der Waals surface area (Å²) < 4.78 is 2.13. The van der Waals surface area contributed by atoms with Gasteiger partial charge in [-0.25, -0.2) is 4.98 Å². The minimum atomic E-state index is 0.161. The summed E-state index contributed by atoms with van der Waals surface area (Å²) in [5.41, 5.74) is 9.39. The molecule has 0 bridgehead atoms. The summed E-state index contributed by atoms with van der Waals surface area (Å²) >= 11 is 0. The first kappa shape index (κ1) is 25.0. The van der Waals surface area contributed by atoms with Crippen molar-refractivity contribution >= 4 is 11.0 Å². The molecular weight excluding hydrogens is 516 g/mol. The standard InChI is InChI=1S/C37H24N4O/c38-24-28-15-10-22-39-35(28)27-14-8-13-26(23-27)30-18-9-20-33-36(30)40-37(31-17-5-7-21-34(31)42)41(33)32-19-6-4-16-29(32)25-11-2-1-3-12-25/h1-23,42H. The van der Waals surface area contributed by atoms with Crippen LogP contribution in [-0.2, 0) is 0 Å². The van der Waals surface area contributed by atoms with Crippen LogP contribution in [0.4, 0.5) is 0 Å². The fraction of sp³-hybridized carbons (Fsp3) is 0. The number of nitrogens with zero attached hydrogens (tertiary/aromatic N) is 4. The van der Waals surface area contributed by atoms with Crippen LogP contribution in [0.5, 0.6) is 5.75 Å². The second-order valence-electron chi connectivity index (χ2n) is 9.94. The highest BCUT2D eigenvalue weighted by atomic mass is 16.3. The Morgan fingerprint density at radius 3 is 2.14 bits per heavy atom. The fourth-order valence-electron chi connectivity index (χ4n) is 5.51. The summed E-state index contributed by atoms with van der Waals surface area (Å²) in [6.07, 6.45) is 1.70. The molecular formula is C37H24N4O. The van der Waals surface area contributed by atoms with Crippen LogP contribution in [0, 0.1) is 11.3 Å². The Balaban J connectivity index is 1.50. The molecule has 5 nitrogen and oxygen atoms in total. The van der Waals surface area contributed by atoms with Crippen molar-refractivity contribution in [2.24, 2.45) is 0 Å². The lowest BCUT2D eigenvalue weighted by atomic mass is 9.98. The molecule has 0 spiro atoms. The van der Waals surface area contributed by atoms with Crippen molar-refractivity contribution in [1.82, 2.24) is 14.5 Å². The number of nitriles is 1. The second-order valence-corrected chi connectivity index (χ2v) is 9.94. The first-order valence-corrected chi connectivity index (χ1v) is 13.6. The van der Waals surface area contributed by atoms with E-state index < -0.39 is 0 Å². The number of imidazole rings is 1. The molecule has 42 heavy (non-hydrogen) atoms. The number of aromatic hydroxyl groups is 1. The van der Waals surface area contributed by atoms with Gasteiger partial charge in [0.15, 0.2) is 0 Å². The summed E-state index contributed by atoms with van der Waals surface area (Å²) in [5, 5.41) is 20.6. The van der Waals surface area contributed by atoms with E-state index in [-0.39, 0.29) is 5.75 Å². The van der Waals surface area contributed by atoms with E-state index in [0.29, 0.717) is 22.6 Å². The van der Waals surface area contributed by atoms with Crippen molar-refractivity contribution in [3.05, 3.63) is 145 Å². The van der Waals surface area contributed by atoms with Gasteiger partial charge >= 0.3 is 0 Å². The van der Waals surface area contributed by atoms with Gasteiger partial charge < -0.3 is 5.11 Å². The zero-order valence-electron chi connectivity index (χ0n) is 22.5. The van der Waals surface area contributed by atoms with Gasteiger partial charge in [-0.05, 0) is 53.6 Å². The van der Waals surface area contributed by atoms with E-state index in [1.165, 1.54) is 0 Å². The van der Waals surface area contributed by atoms with Crippen molar-refractivity contribution in [3.8, 4) is 62.4 Å². The number of fused-ring (bicyclic) bond motifs is 1. The maximum Gasteiger partial charge on any atom is 0.149 e. The second kappa shape index (κ2) is 10.5. The van der Waals surface area contributed by atoms with E-state index in [0.717, 1.165) is 44.5 Å². The van der Waals surface area contributed by atoms with Crippen molar-refractivity contribution < 1.29 is 5.11 Å². The molecule has 0 aliphatic rings. The predicted molar refractivity (Wildman–Crippen MR) is 167 cm³/mol. The lowest BCUT2D eigenvalue weighted by Crippen LogP contribution is -2.00. The third kappa shape index (κ3) is 4.28. The van der Waals surface area contributed by atoms with Crippen LogP contribution < -0.4 is 0 Å². The maximum absolute atomic E-state index is 11.0. The highest BCUT2D eigenvalue weighted by molar-refractivity contribution is 5.97. The maximum atomic E-state index is 11.0. The molecule has 198 valence electrons. The molecule has 0 unspecified atom stereocenters. The molecule has 0 amide bonds. The summed E-state index contributed by atoms with van der Waals surface area (Å²) in [6, 6.07) is 45.8. The smallest absolute Gasteiger partial charge is 0.149 e. The van der Waals surface area contributed by atoms with E-state index in [9.17, 15) is 10.4 Å². The zero-order valence-corrected chi connectivity index (χ0v) is 22.5. The van der Waals surface area contributed by atoms with Crippen molar-refractivity contribution in [2.45, 2.75) is 0 Å². The molecule has 0 fully saturated rings. The number of aromatic nitrogens is 3. The largest absolute Gasteiger partial charge is 0.507 e. The van der Waals surface area contributed by atoms with Gasteiger partial charge in [0.2, 0.25) is 0 Å². The molecule has 0 aliphatic carbocycles. The quantitative estimate of drug-likeness (QED) is 0.237. The Labute approximate surface area is 243 Å². The van der Waals surface area contributed by atoms with Gasteiger partial charge in [0, 0.05) is 22.9 Å². The Morgan fingerprint density at radius 2 is 1.31 bits per heavy atom. The van der Waals surface area contributed by atoms with E-state index >= 15 is 0 Å². The molecule has 0 radical (unpaired) electrons. The Hall–Kier alpha value is -5.99. The Morgan fingerprint density at radius 1 is 0.619 bits per heavy atom. The molecule has 0 saturated heterocycles. The lowest BCUT2D eigenvalue weighted by molar-refractivity contribution is 0.477. The van der Waals surface area contributed by atoms with E-state index in [1.807, 2.05) is 72.8 Å². The molecule has 7 rings (SSSR count). The zero-order chi connectivity index (χ0) is 28.5. The van der Waals surface area contributed by atoms with E-state index in [1.54, 1.807) is 24.4 Å². The molecule has 0 aliphatic heterocycles. The summed E-state index contributed by atoms with van der Waals surface area (Å²) in [7, 11) is 0. The molecule has 7 aromatic rings.